The summed E-state index contributed by atoms with van der Waals surface area (Å²) in [6, 6.07) is 4.99. The summed E-state index contributed by atoms with van der Waals surface area (Å²) in [5, 5.41) is 11.3. The van der Waals surface area contributed by atoms with E-state index in [1.54, 1.807) is 29.8 Å². The third-order valence-electron chi connectivity index (χ3n) is 3.22. The van der Waals surface area contributed by atoms with Crippen LogP contribution in [0.1, 0.15) is 16.2 Å². The maximum Gasteiger partial charge on any atom is 0.257 e. The molecule has 1 aromatic carbocycles. The predicted octanol–water partition coefficient (Wildman–Crippen LogP) is 1.34. The molecule has 0 spiro atoms. The van der Waals surface area contributed by atoms with Crippen LogP contribution in [0.2, 0.25) is 0 Å². The molecular formula is C14H15N5O3S2. The van der Waals surface area contributed by atoms with E-state index in [0.717, 1.165) is 0 Å². The fourth-order valence-electron chi connectivity index (χ4n) is 2.09. The number of hydrogen-bond acceptors (Lipinski definition) is 7. The molecule has 2 aromatic rings. The van der Waals surface area contributed by atoms with E-state index in [1.807, 2.05) is 6.26 Å². The van der Waals surface area contributed by atoms with Crippen molar-refractivity contribution in [2.45, 2.75) is 12.1 Å². The first-order chi connectivity index (χ1) is 11.6. The lowest BCUT2D eigenvalue weighted by Crippen LogP contribution is -2.38. The Morgan fingerprint density at radius 3 is 2.79 bits per heavy atom. The summed E-state index contributed by atoms with van der Waals surface area (Å²) in [5.41, 5.74) is 3.31. The number of nitrogens with zero attached hydrogens (tertiary/aromatic N) is 3. The van der Waals surface area contributed by atoms with Crippen molar-refractivity contribution >= 4 is 35.0 Å². The van der Waals surface area contributed by atoms with Crippen LogP contribution in [0.25, 0.3) is 0 Å². The van der Waals surface area contributed by atoms with E-state index in [4.69, 9.17) is 21.7 Å². The van der Waals surface area contributed by atoms with E-state index in [9.17, 15) is 4.79 Å². The van der Waals surface area contributed by atoms with Crippen molar-refractivity contribution in [3.63, 3.8) is 0 Å². The lowest BCUT2D eigenvalue weighted by Gasteiger charge is -2.19. The van der Waals surface area contributed by atoms with E-state index >= 15 is 0 Å². The number of carbonyl (C=O) groups is 1. The SMILES string of the molecule is CSc1nnc(C)n1NC(=S)NC(=O)c1ccc2c(c1)OCCO2. The quantitative estimate of drug-likeness (QED) is 0.622. The van der Waals surface area contributed by atoms with Gasteiger partial charge < -0.3 is 9.47 Å². The first-order valence-corrected chi connectivity index (χ1v) is 8.70. The van der Waals surface area contributed by atoms with Crippen LogP contribution in [0, 0.1) is 6.92 Å². The Bertz CT molecular complexity index is 793. The fraction of sp³-hybridized carbons (Fsp3) is 0.286. The number of amides is 1. The fourth-order valence-corrected chi connectivity index (χ4v) is 2.76. The van der Waals surface area contributed by atoms with Gasteiger partial charge in [-0.15, -0.1) is 10.2 Å². The zero-order chi connectivity index (χ0) is 17.1. The third kappa shape index (κ3) is 3.44. The van der Waals surface area contributed by atoms with E-state index in [-0.39, 0.29) is 11.0 Å². The molecule has 0 saturated carbocycles. The molecule has 0 aliphatic carbocycles. The van der Waals surface area contributed by atoms with Crippen LogP contribution in [0.15, 0.2) is 23.4 Å². The highest BCUT2D eigenvalue weighted by Gasteiger charge is 2.16. The largest absolute Gasteiger partial charge is 0.486 e. The molecule has 1 aromatic heterocycles. The summed E-state index contributed by atoms with van der Waals surface area (Å²) >= 11 is 6.59. The Morgan fingerprint density at radius 1 is 1.29 bits per heavy atom. The van der Waals surface area contributed by atoms with Gasteiger partial charge in [0.15, 0.2) is 16.6 Å². The van der Waals surface area contributed by atoms with Crippen LogP contribution in [-0.2, 0) is 0 Å². The minimum atomic E-state index is -0.346. The third-order valence-corrected chi connectivity index (χ3v) is 4.05. The highest BCUT2D eigenvalue weighted by Crippen LogP contribution is 2.30. The van der Waals surface area contributed by atoms with Crippen LogP contribution >= 0.6 is 24.0 Å². The average Bonchev–Trinajstić information content (AvgIpc) is 2.94. The number of thiocarbonyl (C=S) groups is 1. The molecule has 1 aliphatic heterocycles. The van der Waals surface area contributed by atoms with Crippen LogP contribution in [0.4, 0.5) is 0 Å². The number of ether oxygens (including phenoxy) is 2. The normalized spacial score (nSPS) is 12.6. The molecule has 3 rings (SSSR count). The second-order valence-electron chi connectivity index (χ2n) is 4.82. The second-order valence-corrected chi connectivity index (χ2v) is 6.00. The molecule has 0 unspecified atom stereocenters. The number of rotatable bonds is 3. The molecule has 2 N–H and O–H groups in total. The van der Waals surface area contributed by atoms with Crippen molar-refractivity contribution in [2.75, 3.05) is 24.9 Å². The van der Waals surface area contributed by atoms with Gasteiger partial charge in [-0.05, 0) is 43.6 Å². The standard InChI is InChI=1S/C14H15N5O3S2/c1-8-16-17-14(24-2)19(8)18-13(23)15-12(20)9-3-4-10-11(7-9)22-6-5-21-10/h3-4,7H,5-6H2,1-2H3,(H2,15,18,20,23). The minimum absolute atomic E-state index is 0.146. The second kappa shape index (κ2) is 7.05. The van der Waals surface area contributed by atoms with Gasteiger partial charge in [0, 0.05) is 5.56 Å². The first-order valence-electron chi connectivity index (χ1n) is 7.06. The smallest absolute Gasteiger partial charge is 0.257 e. The molecule has 1 amide bonds. The molecule has 10 heteroatoms. The van der Waals surface area contributed by atoms with Gasteiger partial charge in [-0.25, -0.2) is 4.68 Å². The number of benzene rings is 1. The Kier molecular flexibility index (Phi) is 4.86. The highest BCUT2D eigenvalue weighted by molar-refractivity contribution is 7.98. The summed E-state index contributed by atoms with van der Waals surface area (Å²) in [4.78, 5) is 12.3. The molecule has 2 heterocycles. The zero-order valence-corrected chi connectivity index (χ0v) is 14.7. The van der Waals surface area contributed by atoms with Crippen molar-refractivity contribution in [1.82, 2.24) is 20.2 Å². The van der Waals surface area contributed by atoms with Crippen LogP contribution in [0.3, 0.4) is 0 Å². The van der Waals surface area contributed by atoms with Gasteiger partial charge in [0.25, 0.3) is 5.91 Å². The summed E-state index contributed by atoms with van der Waals surface area (Å²) in [5.74, 6) is 1.46. The maximum atomic E-state index is 12.3. The van der Waals surface area contributed by atoms with Gasteiger partial charge in [0.05, 0.1) is 0 Å². The average molecular weight is 365 g/mol. The zero-order valence-electron chi connectivity index (χ0n) is 13.0. The number of nitrogens with one attached hydrogen (secondary N) is 2. The highest BCUT2D eigenvalue weighted by atomic mass is 32.2. The van der Waals surface area contributed by atoms with Crippen molar-refractivity contribution in [3.05, 3.63) is 29.6 Å². The van der Waals surface area contributed by atoms with E-state index < -0.39 is 0 Å². The molecule has 24 heavy (non-hydrogen) atoms. The van der Waals surface area contributed by atoms with Gasteiger partial charge in [-0.2, -0.15) is 0 Å². The number of aromatic nitrogens is 3. The summed E-state index contributed by atoms with van der Waals surface area (Å²) in [6.07, 6.45) is 1.87. The molecule has 1 aliphatic rings. The molecule has 0 atom stereocenters. The van der Waals surface area contributed by atoms with Crippen LogP contribution in [-0.4, -0.2) is 45.4 Å². The Hall–Kier alpha value is -2.33. The summed E-state index contributed by atoms with van der Waals surface area (Å²) < 4.78 is 12.5. The van der Waals surface area contributed by atoms with Gasteiger partial charge in [-0.3, -0.25) is 15.5 Å². The van der Waals surface area contributed by atoms with E-state index in [2.05, 4.69) is 20.9 Å². The molecule has 8 nitrogen and oxygen atoms in total. The predicted molar refractivity (Wildman–Crippen MR) is 93.4 cm³/mol. The summed E-state index contributed by atoms with van der Waals surface area (Å²) in [7, 11) is 0. The Labute approximate surface area is 147 Å². The van der Waals surface area contributed by atoms with E-state index in [0.29, 0.717) is 41.3 Å². The van der Waals surface area contributed by atoms with E-state index in [1.165, 1.54) is 11.8 Å². The first kappa shape index (κ1) is 16.5. The molecule has 0 radical (unpaired) electrons. The molecule has 0 bridgehead atoms. The Morgan fingerprint density at radius 2 is 2.04 bits per heavy atom. The molecule has 126 valence electrons. The van der Waals surface area contributed by atoms with Crippen LogP contribution in [0.5, 0.6) is 11.5 Å². The molecule has 0 saturated heterocycles. The number of fused-ring (bicyclic) bond motifs is 1. The number of aryl methyl sites for hydroxylation is 1. The van der Waals surface area contributed by atoms with Gasteiger partial charge in [-0.1, -0.05) is 11.8 Å². The van der Waals surface area contributed by atoms with Gasteiger partial charge >= 0.3 is 0 Å². The topological polar surface area (TPSA) is 90.3 Å². The lowest BCUT2D eigenvalue weighted by molar-refractivity contribution is 0.0976. The monoisotopic (exact) mass is 365 g/mol. The Balaban J connectivity index is 1.68. The number of carbonyl (C=O) groups excluding carboxylic acids is 1. The lowest BCUT2D eigenvalue weighted by atomic mass is 10.2. The molecular weight excluding hydrogens is 350 g/mol. The van der Waals surface area contributed by atoms with Crippen LogP contribution < -0.4 is 20.2 Å². The van der Waals surface area contributed by atoms with Gasteiger partial charge in [0.1, 0.15) is 19.0 Å². The molecule has 0 fully saturated rings. The van der Waals surface area contributed by atoms with Crippen molar-refractivity contribution in [2.24, 2.45) is 0 Å². The number of thioether (sulfide) groups is 1. The van der Waals surface area contributed by atoms with Crippen molar-refractivity contribution < 1.29 is 14.3 Å². The summed E-state index contributed by atoms with van der Waals surface area (Å²) in [6.45, 7) is 2.75. The van der Waals surface area contributed by atoms with Crippen molar-refractivity contribution in [3.8, 4) is 11.5 Å². The minimum Gasteiger partial charge on any atom is -0.486 e. The maximum absolute atomic E-state index is 12.3. The number of hydrogen-bond donors (Lipinski definition) is 2. The van der Waals surface area contributed by atoms with Gasteiger partial charge in [0.2, 0.25) is 5.16 Å². The van der Waals surface area contributed by atoms with Crippen molar-refractivity contribution in [1.29, 1.82) is 0 Å².